The molecule has 0 aliphatic heterocycles. The largest absolute Gasteiger partial charge is 0.220 e. The first kappa shape index (κ1) is 11.2. The van der Waals surface area contributed by atoms with E-state index in [0.717, 1.165) is 11.3 Å². The van der Waals surface area contributed by atoms with Crippen LogP contribution in [0.5, 0.6) is 0 Å². The van der Waals surface area contributed by atoms with Gasteiger partial charge in [-0.1, -0.05) is 48.1 Å². The molecule has 1 aromatic heterocycles. The molecule has 1 heterocycles. The summed E-state index contributed by atoms with van der Waals surface area (Å²) in [6, 6.07) is 7.53. The number of rotatable bonds is 3. The van der Waals surface area contributed by atoms with E-state index < -0.39 is 0 Å². The maximum absolute atomic E-state index is 6.08. The summed E-state index contributed by atoms with van der Waals surface area (Å²) >= 11 is 7.57. The van der Waals surface area contributed by atoms with Gasteiger partial charge in [0.1, 0.15) is 6.33 Å². The second-order valence-electron chi connectivity index (χ2n) is 3.10. The predicted octanol–water partition coefficient (Wildman–Crippen LogP) is 3.17. The molecule has 0 bridgehead atoms. The van der Waals surface area contributed by atoms with Crippen molar-refractivity contribution in [2.75, 3.05) is 6.26 Å². The van der Waals surface area contributed by atoms with Crippen LogP contribution in [0, 0.1) is 0 Å². The molecule has 5 heteroatoms. The van der Waals surface area contributed by atoms with Gasteiger partial charge in [-0.05, 0) is 12.3 Å². The fraction of sp³-hybridized carbons (Fsp3) is 0.0909. The molecule has 0 aliphatic carbocycles. The Morgan fingerprint density at radius 1 is 1.44 bits per heavy atom. The van der Waals surface area contributed by atoms with Gasteiger partial charge in [0.2, 0.25) is 5.16 Å². The number of thioether (sulfide) groups is 1. The van der Waals surface area contributed by atoms with E-state index in [9.17, 15) is 0 Å². The highest BCUT2D eigenvalue weighted by molar-refractivity contribution is 7.98. The lowest BCUT2D eigenvalue weighted by atomic mass is 10.2. The normalized spacial score (nSPS) is 10.4. The summed E-state index contributed by atoms with van der Waals surface area (Å²) in [6.07, 6.45) is 3.56. The molecule has 0 fully saturated rings. The van der Waals surface area contributed by atoms with E-state index >= 15 is 0 Å². The van der Waals surface area contributed by atoms with Crippen LogP contribution >= 0.6 is 23.4 Å². The average molecular weight is 252 g/mol. The van der Waals surface area contributed by atoms with Crippen molar-refractivity contribution in [2.45, 2.75) is 5.16 Å². The lowest BCUT2D eigenvalue weighted by molar-refractivity contribution is 0.856. The second kappa shape index (κ2) is 4.72. The number of nitrogens with zero attached hydrogens (tertiary/aromatic N) is 3. The monoisotopic (exact) mass is 251 g/mol. The fourth-order valence-electron chi connectivity index (χ4n) is 1.29. The van der Waals surface area contributed by atoms with Crippen molar-refractivity contribution in [3.05, 3.63) is 47.8 Å². The van der Waals surface area contributed by atoms with Gasteiger partial charge in [-0.3, -0.25) is 0 Å². The Morgan fingerprint density at radius 2 is 2.19 bits per heavy atom. The van der Waals surface area contributed by atoms with Crippen molar-refractivity contribution in [1.29, 1.82) is 0 Å². The smallest absolute Gasteiger partial charge is 0.208 e. The highest BCUT2D eigenvalue weighted by atomic mass is 35.5. The lowest BCUT2D eigenvalue weighted by Crippen LogP contribution is -1.98. The third-order valence-corrected chi connectivity index (χ3v) is 3.00. The molecule has 0 saturated carbocycles. The van der Waals surface area contributed by atoms with Gasteiger partial charge in [0.25, 0.3) is 0 Å². The molecule has 0 radical (unpaired) electrons. The zero-order valence-electron chi connectivity index (χ0n) is 8.72. The molecule has 0 N–H and O–H groups in total. The third-order valence-electron chi connectivity index (χ3n) is 2.11. The lowest BCUT2D eigenvalue weighted by Gasteiger charge is -2.06. The molecule has 0 unspecified atom stereocenters. The number of halogens is 1. The predicted molar refractivity (Wildman–Crippen MR) is 67.7 cm³/mol. The van der Waals surface area contributed by atoms with Crippen LogP contribution in [0.25, 0.3) is 5.70 Å². The molecule has 0 saturated heterocycles. The molecular weight excluding hydrogens is 242 g/mol. The first-order valence-corrected chi connectivity index (χ1v) is 6.22. The number of hydrogen-bond donors (Lipinski definition) is 0. The number of aromatic nitrogens is 3. The van der Waals surface area contributed by atoms with E-state index in [2.05, 4.69) is 16.7 Å². The topological polar surface area (TPSA) is 30.7 Å². The summed E-state index contributed by atoms with van der Waals surface area (Å²) in [5.41, 5.74) is 1.58. The SMILES string of the molecule is C=C(c1ccccc1Cl)n1cnc(SC)n1. The van der Waals surface area contributed by atoms with E-state index in [-0.39, 0.29) is 0 Å². The van der Waals surface area contributed by atoms with Crippen molar-refractivity contribution in [3.8, 4) is 0 Å². The minimum Gasteiger partial charge on any atom is -0.220 e. The molecular formula is C11H10ClN3S. The van der Waals surface area contributed by atoms with Crippen molar-refractivity contribution in [2.24, 2.45) is 0 Å². The van der Waals surface area contributed by atoms with Crippen LogP contribution in [0.1, 0.15) is 5.56 Å². The van der Waals surface area contributed by atoms with Crippen LogP contribution in [-0.2, 0) is 0 Å². The van der Waals surface area contributed by atoms with Crippen LogP contribution in [0.4, 0.5) is 0 Å². The Hall–Kier alpha value is -1.26. The highest BCUT2D eigenvalue weighted by Crippen LogP contribution is 2.23. The van der Waals surface area contributed by atoms with Crippen molar-refractivity contribution in [1.82, 2.24) is 14.8 Å². The van der Waals surface area contributed by atoms with Gasteiger partial charge in [0.05, 0.1) is 5.70 Å². The van der Waals surface area contributed by atoms with Gasteiger partial charge in [0.15, 0.2) is 0 Å². The van der Waals surface area contributed by atoms with Gasteiger partial charge < -0.3 is 0 Å². The quantitative estimate of drug-likeness (QED) is 0.785. The van der Waals surface area contributed by atoms with Gasteiger partial charge in [-0.15, -0.1) is 5.10 Å². The molecule has 0 atom stereocenters. The molecule has 2 rings (SSSR count). The first-order chi connectivity index (χ1) is 7.72. The summed E-state index contributed by atoms with van der Waals surface area (Å²) in [7, 11) is 0. The zero-order valence-corrected chi connectivity index (χ0v) is 10.3. The van der Waals surface area contributed by atoms with Gasteiger partial charge in [0, 0.05) is 10.6 Å². The molecule has 0 spiro atoms. The summed E-state index contributed by atoms with van der Waals surface area (Å²) in [6.45, 7) is 3.97. The van der Waals surface area contributed by atoms with Crippen molar-refractivity contribution in [3.63, 3.8) is 0 Å². The summed E-state index contributed by atoms with van der Waals surface area (Å²) in [5, 5.41) is 5.63. The third kappa shape index (κ3) is 2.13. The van der Waals surface area contributed by atoms with Gasteiger partial charge >= 0.3 is 0 Å². The van der Waals surface area contributed by atoms with E-state index in [1.54, 1.807) is 11.0 Å². The van der Waals surface area contributed by atoms with Crippen LogP contribution in [-0.4, -0.2) is 21.0 Å². The van der Waals surface area contributed by atoms with E-state index in [0.29, 0.717) is 10.2 Å². The Labute approximate surface area is 103 Å². The van der Waals surface area contributed by atoms with Crippen LogP contribution in [0.3, 0.4) is 0 Å². The molecule has 1 aromatic carbocycles. The summed E-state index contributed by atoms with van der Waals surface area (Å²) in [4.78, 5) is 4.12. The average Bonchev–Trinajstić information content (AvgIpc) is 2.77. The molecule has 2 aromatic rings. The molecule has 82 valence electrons. The van der Waals surface area contributed by atoms with Gasteiger partial charge in [-0.2, -0.15) is 0 Å². The summed E-state index contributed by atoms with van der Waals surface area (Å²) < 4.78 is 1.63. The number of hydrogen-bond acceptors (Lipinski definition) is 3. The zero-order chi connectivity index (χ0) is 11.5. The minimum atomic E-state index is 0.661. The maximum atomic E-state index is 6.08. The standard InChI is InChI=1S/C11H10ClN3S/c1-8(9-5-3-4-6-10(9)12)15-7-13-11(14-15)16-2/h3-7H,1H2,2H3. The summed E-state index contributed by atoms with van der Waals surface area (Å²) in [5.74, 6) is 0. The highest BCUT2D eigenvalue weighted by Gasteiger charge is 2.07. The Balaban J connectivity index is 2.35. The Kier molecular flexibility index (Phi) is 3.31. The molecule has 3 nitrogen and oxygen atoms in total. The molecule has 0 aliphatic rings. The second-order valence-corrected chi connectivity index (χ2v) is 4.28. The van der Waals surface area contributed by atoms with Crippen molar-refractivity contribution >= 4 is 29.1 Å². The Bertz CT molecular complexity index is 521. The van der Waals surface area contributed by atoms with Gasteiger partial charge in [-0.25, -0.2) is 9.67 Å². The van der Waals surface area contributed by atoms with Crippen LogP contribution < -0.4 is 0 Å². The number of benzene rings is 1. The van der Waals surface area contributed by atoms with Crippen LogP contribution in [0.15, 0.2) is 42.3 Å². The fourth-order valence-corrected chi connectivity index (χ4v) is 1.86. The minimum absolute atomic E-state index is 0.661. The van der Waals surface area contributed by atoms with E-state index in [1.807, 2.05) is 30.5 Å². The Morgan fingerprint density at radius 3 is 2.81 bits per heavy atom. The van der Waals surface area contributed by atoms with Crippen LogP contribution in [0.2, 0.25) is 5.02 Å². The maximum Gasteiger partial charge on any atom is 0.208 e. The van der Waals surface area contributed by atoms with Crippen molar-refractivity contribution < 1.29 is 0 Å². The van der Waals surface area contributed by atoms with E-state index in [4.69, 9.17) is 11.6 Å². The van der Waals surface area contributed by atoms with E-state index in [1.165, 1.54) is 11.8 Å². The first-order valence-electron chi connectivity index (χ1n) is 4.62. The molecule has 16 heavy (non-hydrogen) atoms. The molecule has 0 amide bonds.